The quantitative estimate of drug-likeness (QED) is 0.124. The van der Waals surface area contributed by atoms with Crippen molar-refractivity contribution in [1.29, 1.82) is 0 Å². The number of carbonyl (C=O) groups excluding carboxylic acids is 4. The number of carboxylic acid groups (broad SMARTS) is 1. The first-order chi connectivity index (χ1) is 18.5. The average molecular weight is 541 g/mol. The maximum atomic E-state index is 13.4. The summed E-state index contributed by atoms with van der Waals surface area (Å²) in [6.45, 7) is 1.31. The van der Waals surface area contributed by atoms with E-state index in [2.05, 4.69) is 30.9 Å². The molecule has 4 atom stereocenters. The van der Waals surface area contributed by atoms with Crippen LogP contribution >= 0.6 is 0 Å². The molecule has 14 nitrogen and oxygen atoms in total. The van der Waals surface area contributed by atoms with Gasteiger partial charge in [-0.15, -0.1) is 0 Å². The molecule has 0 spiro atoms. The average Bonchev–Trinajstić information content (AvgIpc) is 3.56. The number of carboxylic acids is 1. The van der Waals surface area contributed by atoms with E-state index in [1.807, 2.05) is 24.3 Å². The molecule has 0 aliphatic heterocycles. The van der Waals surface area contributed by atoms with Crippen molar-refractivity contribution in [2.45, 2.75) is 56.8 Å². The molecule has 0 radical (unpaired) electrons. The molecular formula is C25H32N8O6. The van der Waals surface area contributed by atoms with Gasteiger partial charge in [0.2, 0.25) is 23.6 Å². The molecule has 0 aliphatic carbocycles. The van der Waals surface area contributed by atoms with Gasteiger partial charge in [0.05, 0.1) is 12.4 Å². The lowest BCUT2D eigenvalue weighted by Crippen LogP contribution is -2.58. The number of aromatic nitrogens is 3. The molecule has 39 heavy (non-hydrogen) atoms. The van der Waals surface area contributed by atoms with Gasteiger partial charge in [0.1, 0.15) is 18.1 Å². The molecule has 0 fully saturated rings. The van der Waals surface area contributed by atoms with Crippen LogP contribution < -0.4 is 27.4 Å². The van der Waals surface area contributed by atoms with Crippen LogP contribution in [0.15, 0.2) is 43.0 Å². The molecule has 4 unspecified atom stereocenters. The first-order valence-electron chi connectivity index (χ1n) is 12.2. The van der Waals surface area contributed by atoms with Gasteiger partial charge < -0.3 is 42.5 Å². The molecule has 0 saturated heterocycles. The summed E-state index contributed by atoms with van der Waals surface area (Å²) >= 11 is 0. The fourth-order valence-corrected chi connectivity index (χ4v) is 3.91. The molecule has 3 rings (SSSR count). The van der Waals surface area contributed by atoms with Crippen molar-refractivity contribution in [3.05, 3.63) is 54.2 Å². The van der Waals surface area contributed by atoms with E-state index in [9.17, 15) is 29.1 Å². The maximum Gasteiger partial charge on any atom is 0.325 e. The Morgan fingerprint density at radius 2 is 1.64 bits per heavy atom. The van der Waals surface area contributed by atoms with Crippen molar-refractivity contribution in [2.75, 3.05) is 0 Å². The lowest BCUT2D eigenvalue weighted by molar-refractivity contribution is -0.141. The number of fused-ring (bicyclic) bond motifs is 1. The number of hydrogen-bond donors (Lipinski definition) is 8. The van der Waals surface area contributed by atoms with Gasteiger partial charge in [0, 0.05) is 48.3 Å². The van der Waals surface area contributed by atoms with E-state index in [1.54, 1.807) is 6.20 Å². The number of hydrogen-bond acceptors (Lipinski definition) is 7. The zero-order chi connectivity index (χ0) is 28.5. The number of carbonyl (C=O) groups is 5. The third-order valence-corrected chi connectivity index (χ3v) is 6.11. The number of amides is 4. The van der Waals surface area contributed by atoms with Crippen molar-refractivity contribution in [3.63, 3.8) is 0 Å². The van der Waals surface area contributed by atoms with Crippen molar-refractivity contribution >= 4 is 40.5 Å². The van der Waals surface area contributed by atoms with Crippen molar-refractivity contribution in [3.8, 4) is 0 Å². The summed E-state index contributed by atoms with van der Waals surface area (Å²) in [7, 11) is 0. The smallest absolute Gasteiger partial charge is 0.325 e. The summed E-state index contributed by atoms with van der Waals surface area (Å²) < 4.78 is 0. The largest absolute Gasteiger partial charge is 0.480 e. The van der Waals surface area contributed by atoms with Crippen LogP contribution in [0.2, 0.25) is 0 Å². The lowest BCUT2D eigenvalue weighted by Gasteiger charge is -2.24. The number of imidazole rings is 1. The van der Waals surface area contributed by atoms with Gasteiger partial charge in [-0.2, -0.15) is 0 Å². The van der Waals surface area contributed by atoms with Crippen LogP contribution in [0.1, 0.15) is 31.0 Å². The highest BCUT2D eigenvalue weighted by Gasteiger charge is 2.30. The van der Waals surface area contributed by atoms with Crippen LogP contribution in [0.5, 0.6) is 0 Å². The number of nitrogens with zero attached hydrogens (tertiary/aromatic N) is 1. The highest BCUT2D eigenvalue weighted by molar-refractivity contribution is 5.95. The van der Waals surface area contributed by atoms with Crippen LogP contribution in [0.25, 0.3) is 10.9 Å². The minimum Gasteiger partial charge on any atom is -0.480 e. The zero-order valence-electron chi connectivity index (χ0n) is 21.3. The molecule has 0 aliphatic rings. The molecule has 2 aromatic heterocycles. The summed E-state index contributed by atoms with van der Waals surface area (Å²) in [5.41, 5.74) is 13.1. The zero-order valence-corrected chi connectivity index (χ0v) is 21.3. The van der Waals surface area contributed by atoms with E-state index < -0.39 is 53.8 Å². The Morgan fingerprint density at radius 3 is 2.31 bits per heavy atom. The molecule has 14 heteroatoms. The minimum atomic E-state index is -1.24. The second-order valence-corrected chi connectivity index (χ2v) is 9.15. The number of H-pyrrole nitrogens is 2. The second-order valence-electron chi connectivity index (χ2n) is 9.15. The molecule has 208 valence electrons. The Kier molecular flexibility index (Phi) is 9.75. The number of aromatic amines is 2. The first kappa shape index (κ1) is 28.8. The van der Waals surface area contributed by atoms with E-state index in [-0.39, 0.29) is 25.7 Å². The van der Waals surface area contributed by atoms with Crippen molar-refractivity contribution in [2.24, 2.45) is 11.5 Å². The summed E-state index contributed by atoms with van der Waals surface area (Å²) in [6.07, 6.45) is 4.50. The van der Waals surface area contributed by atoms with Gasteiger partial charge >= 0.3 is 5.97 Å². The second kappa shape index (κ2) is 13.2. The first-order valence-corrected chi connectivity index (χ1v) is 12.2. The fourth-order valence-electron chi connectivity index (χ4n) is 3.91. The Labute approximate surface area is 223 Å². The van der Waals surface area contributed by atoms with Gasteiger partial charge in [0.25, 0.3) is 0 Å². The number of benzene rings is 1. The van der Waals surface area contributed by atoms with E-state index in [0.29, 0.717) is 5.69 Å². The summed E-state index contributed by atoms with van der Waals surface area (Å²) in [5.74, 6) is -3.97. The lowest BCUT2D eigenvalue weighted by atomic mass is 10.0. The van der Waals surface area contributed by atoms with Gasteiger partial charge in [-0.1, -0.05) is 18.2 Å². The van der Waals surface area contributed by atoms with Crippen LogP contribution in [-0.2, 0) is 36.8 Å². The van der Waals surface area contributed by atoms with E-state index in [0.717, 1.165) is 16.5 Å². The third kappa shape index (κ3) is 8.13. The molecular weight excluding hydrogens is 508 g/mol. The molecule has 1 aromatic carbocycles. The minimum absolute atomic E-state index is 0.00688. The molecule has 4 amide bonds. The van der Waals surface area contributed by atoms with Crippen LogP contribution in [0.3, 0.4) is 0 Å². The summed E-state index contributed by atoms with van der Waals surface area (Å²) in [5, 5.41) is 17.7. The maximum absolute atomic E-state index is 13.4. The molecule has 10 N–H and O–H groups in total. The molecule has 2 heterocycles. The van der Waals surface area contributed by atoms with Gasteiger partial charge in [-0.25, -0.2) is 4.98 Å². The van der Waals surface area contributed by atoms with E-state index >= 15 is 0 Å². The monoisotopic (exact) mass is 540 g/mol. The SMILES string of the molecule is CC(NC(=O)C(Cc1c[nH]c2ccccc12)NC(=O)C(Cc1cnc[nH]1)NC(=O)C(N)CCC(N)=O)C(=O)O. The Bertz CT molecular complexity index is 1320. The number of nitrogens with one attached hydrogen (secondary N) is 5. The van der Waals surface area contributed by atoms with Gasteiger partial charge in [0.15, 0.2) is 0 Å². The predicted molar refractivity (Wildman–Crippen MR) is 140 cm³/mol. The summed E-state index contributed by atoms with van der Waals surface area (Å²) in [4.78, 5) is 71.5. The predicted octanol–water partition coefficient (Wildman–Crippen LogP) is -1.17. The van der Waals surface area contributed by atoms with Gasteiger partial charge in [-0.3, -0.25) is 24.0 Å². The van der Waals surface area contributed by atoms with Crippen molar-refractivity contribution in [1.82, 2.24) is 30.9 Å². The van der Waals surface area contributed by atoms with E-state index in [4.69, 9.17) is 11.5 Å². The molecule has 0 bridgehead atoms. The highest BCUT2D eigenvalue weighted by Crippen LogP contribution is 2.19. The van der Waals surface area contributed by atoms with Gasteiger partial charge in [-0.05, 0) is 25.0 Å². The van der Waals surface area contributed by atoms with Crippen LogP contribution in [0.4, 0.5) is 0 Å². The van der Waals surface area contributed by atoms with Crippen molar-refractivity contribution < 1.29 is 29.1 Å². The van der Waals surface area contributed by atoms with Crippen LogP contribution in [0, 0.1) is 0 Å². The van der Waals surface area contributed by atoms with E-state index in [1.165, 1.54) is 19.4 Å². The fraction of sp³-hybridized carbons (Fsp3) is 0.360. The molecule has 0 saturated carbocycles. The number of aliphatic carboxylic acids is 1. The Hall–Kier alpha value is -4.72. The topological polar surface area (TPSA) is 238 Å². The normalized spacial score (nSPS) is 14.1. The highest BCUT2D eigenvalue weighted by atomic mass is 16.4. The number of nitrogens with two attached hydrogens (primary N) is 2. The Morgan fingerprint density at radius 1 is 0.974 bits per heavy atom. The Balaban J connectivity index is 1.83. The number of para-hydroxylation sites is 1. The van der Waals surface area contributed by atoms with Crippen LogP contribution in [-0.4, -0.2) is 73.8 Å². The number of rotatable bonds is 14. The molecule has 3 aromatic rings. The summed E-state index contributed by atoms with van der Waals surface area (Å²) in [6, 6.07) is 2.73. The third-order valence-electron chi connectivity index (χ3n) is 6.11. The number of primary amides is 1. The standard InChI is InChI=1S/C25H32N8O6/c1-13(25(38)39)31-23(36)19(8-14-10-29-18-5-3-2-4-16(14)18)33-24(37)20(9-15-11-28-12-30-15)32-22(35)17(26)6-7-21(27)34/h2-5,10-13,17,19-20,29H,6-9,26H2,1H3,(H2,27,34)(H,28,30)(H,31,36)(H,32,35)(H,33,37)(H,38,39).